The second-order valence-corrected chi connectivity index (χ2v) is 22.5. The lowest BCUT2D eigenvalue weighted by Crippen LogP contribution is -2.37. The maximum absolute atomic E-state index is 12.8. The number of rotatable bonds is 54. The Labute approximate surface area is 433 Å². The zero-order chi connectivity index (χ0) is 51.3. The van der Waals surface area contributed by atoms with Gasteiger partial charge in [-0.2, -0.15) is 0 Å². The average molecular weight is 1010 g/mol. The summed E-state index contributed by atoms with van der Waals surface area (Å²) in [5.41, 5.74) is 0. The SMILES string of the molecule is CC/C=C\C/C=C\C/C=C\C/C=C\CCCCCCCCCCCCCCC(=O)OC(COC(=O)CCCCCCCCCCCCCCCCCCCCCCC)COP(=O)(O)OCC[N+](C)(C)C. The van der Waals surface area contributed by atoms with Crippen molar-refractivity contribution in [1.29, 1.82) is 0 Å². The largest absolute Gasteiger partial charge is 0.472 e. The van der Waals surface area contributed by atoms with Crippen LogP contribution in [-0.4, -0.2) is 74.9 Å². The highest BCUT2D eigenvalue weighted by atomic mass is 31.2. The molecular formula is C60H113NO8P+. The molecule has 0 fully saturated rings. The number of likely N-dealkylation sites (N-methyl/N-ethyl adjacent to an activating group) is 1. The first-order valence-corrected chi connectivity index (χ1v) is 30.9. The summed E-state index contributed by atoms with van der Waals surface area (Å²) in [6, 6.07) is 0. The molecule has 0 bridgehead atoms. The first kappa shape index (κ1) is 68.0. The van der Waals surface area contributed by atoms with Crippen LogP contribution in [0.2, 0.25) is 0 Å². The quantitative estimate of drug-likeness (QED) is 0.0211. The minimum absolute atomic E-state index is 0.0322. The van der Waals surface area contributed by atoms with Crippen LogP contribution in [0.5, 0.6) is 0 Å². The topological polar surface area (TPSA) is 108 Å². The number of quaternary nitrogens is 1. The molecule has 0 heterocycles. The summed E-state index contributed by atoms with van der Waals surface area (Å²) in [7, 11) is 1.48. The molecule has 0 amide bonds. The van der Waals surface area contributed by atoms with Crippen LogP contribution in [-0.2, 0) is 32.7 Å². The van der Waals surface area contributed by atoms with E-state index in [-0.39, 0.29) is 25.6 Å². The van der Waals surface area contributed by atoms with Crippen LogP contribution in [0, 0.1) is 0 Å². The monoisotopic (exact) mass is 1010 g/mol. The summed E-state index contributed by atoms with van der Waals surface area (Å²) in [5.74, 6) is -0.787. The van der Waals surface area contributed by atoms with E-state index in [0.29, 0.717) is 23.9 Å². The highest BCUT2D eigenvalue weighted by Gasteiger charge is 2.27. The van der Waals surface area contributed by atoms with Gasteiger partial charge in [-0.3, -0.25) is 18.6 Å². The Morgan fingerprint density at radius 1 is 0.457 bits per heavy atom. The van der Waals surface area contributed by atoms with Gasteiger partial charge in [0.05, 0.1) is 27.7 Å². The molecule has 0 spiro atoms. The number of hydrogen-bond acceptors (Lipinski definition) is 7. The molecule has 10 heteroatoms. The second kappa shape index (κ2) is 51.9. The van der Waals surface area contributed by atoms with Crippen molar-refractivity contribution in [2.75, 3.05) is 47.5 Å². The Hall–Kier alpha value is -2.03. The van der Waals surface area contributed by atoms with E-state index in [1.807, 2.05) is 21.1 Å². The summed E-state index contributed by atoms with van der Waals surface area (Å²) in [6.45, 7) is 4.36. The van der Waals surface area contributed by atoms with Crippen molar-refractivity contribution in [1.82, 2.24) is 0 Å². The fourth-order valence-electron chi connectivity index (χ4n) is 8.36. The van der Waals surface area contributed by atoms with E-state index in [4.69, 9.17) is 18.5 Å². The second-order valence-electron chi connectivity index (χ2n) is 21.0. The fraction of sp³-hybridized carbons (Fsp3) is 0.833. The number of esters is 2. The molecular weight excluding hydrogens is 894 g/mol. The van der Waals surface area contributed by atoms with Crippen molar-refractivity contribution in [3.63, 3.8) is 0 Å². The van der Waals surface area contributed by atoms with E-state index < -0.39 is 26.5 Å². The summed E-state index contributed by atoms with van der Waals surface area (Å²) < 4.78 is 34.6. The van der Waals surface area contributed by atoms with Crippen LogP contribution in [0.4, 0.5) is 0 Å². The summed E-state index contributed by atoms with van der Waals surface area (Å²) >= 11 is 0. The third kappa shape index (κ3) is 55.3. The predicted molar refractivity (Wildman–Crippen MR) is 298 cm³/mol. The Morgan fingerprint density at radius 3 is 1.21 bits per heavy atom. The molecule has 1 N–H and O–H groups in total. The molecule has 0 aromatic rings. The lowest BCUT2D eigenvalue weighted by atomic mass is 10.0. The van der Waals surface area contributed by atoms with Crippen molar-refractivity contribution in [3.05, 3.63) is 48.6 Å². The van der Waals surface area contributed by atoms with Crippen molar-refractivity contribution in [2.24, 2.45) is 0 Å². The van der Waals surface area contributed by atoms with Crippen LogP contribution in [0.3, 0.4) is 0 Å². The molecule has 2 atom stereocenters. The zero-order valence-corrected chi connectivity index (χ0v) is 47.4. The van der Waals surface area contributed by atoms with Crippen LogP contribution < -0.4 is 0 Å². The van der Waals surface area contributed by atoms with Gasteiger partial charge >= 0.3 is 19.8 Å². The Bertz CT molecular complexity index is 1320. The summed E-state index contributed by atoms with van der Waals surface area (Å²) in [5, 5.41) is 0. The van der Waals surface area contributed by atoms with E-state index in [1.54, 1.807) is 0 Å². The van der Waals surface area contributed by atoms with E-state index in [0.717, 1.165) is 64.2 Å². The molecule has 0 saturated heterocycles. The number of nitrogens with zero attached hydrogens (tertiary/aromatic N) is 1. The van der Waals surface area contributed by atoms with Gasteiger partial charge in [-0.15, -0.1) is 0 Å². The molecule has 410 valence electrons. The zero-order valence-electron chi connectivity index (χ0n) is 46.5. The molecule has 0 aliphatic heterocycles. The van der Waals surface area contributed by atoms with Gasteiger partial charge in [-0.1, -0.05) is 255 Å². The van der Waals surface area contributed by atoms with Crippen molar-refractivity contribution in [3.8, 4) is 0 Å². The normalized spacial score (nSPS) is 13.6. The molecule has 2 unspecified atom stereocenters. The standard InChI is InChI=1S/C60H112NO8P/c1-6-8-10-12-14-16-18-20-22-24-26-28-29-30-31-33-35-37-39-41-43-45-47-49-51-53-60(63)69-58(57-68-70(64,65)67-55-54-61(3,4)5)56-66-59(62)52-50-48-46-44-42-40-38-36-34-32-27-25-23-21-19-17-15-13-11-9-7-2/h8,10,14,16,20,22,26,28,58H,6-7,9,11-13,15,17-19,21,23-25,27,29-57H2,1-5H3/p+1/b10-8-,16-14-,22-20-,28-26-. The lowest BCUT2D eigenvalue weighted by Gasteiger charge is -2.24. The van der Waals surface area contributed by atoms with E-state index >= 15 is 0 Å². The molecule has 9 nitrogen and oxygen atoms in total. The smallest absolute Gasteiger partial charge is 0.462 e. The molecule has 0 saturated carbocycles. The lowest BCUT2D eigenvalue weighted by molar-refractivity contribution is -0.870. The number of ether oxygens (including phenoxy) is 2. The Morgan fingerprint density at radius 2 is 0.814 bits per heavy atom. The molecule has 0 aromatic carbocycles. The van der Waals surface area contributed by atoms with Crippen molar-refractivity contribution < 1.29 is 42.1 Å². The third-order valence-corrected chi connectivity index (χ3v) is 13.9. The maximum atomic E-state index is 12.8. The third-order valence-electron chi connectivity index (χ3n) is 12.9. The highest BCUT2D eigenvalue weighted by molar-refractivity contribution is 7.47. The van der Waals surface area contributed by atoms with E-state index in [1.165, 1.54) is 173 Å². The van der Waals surface area contributed by atoms with Gasteiger partial charge in [-0.25, -0.2) is 4.57 Å². The van der Waals surface area contributed by atoms with Gasteiger partial charge in [0, 0.05) is 12.8 Å². The number of hydrogen-bond donors (Lipinski definition) is 1. The number of carbonyl (C=O) groups is 2. The fourth-order valence-corrected chi connectivity index (χ4v) is 9.10. The molecule has 0 aromatic heterocycles. The summed E-state index contributed by atoms with van der Waals surface area (Å²) in [4.78, 5) is 35.7. The first-order valence-electron chi connectivity index (χ1n) is 29.4. The number of carbonyl (C=O) groups excluding carboxylic acids is 2. The number of allylic oxidation sites excluding steroid dienone is 8. The predicted octanol–water partition coefficient (Wildman–Crippen LogP) is 18.1. The van der Waals surface area contributed by atoms with Gasteiger partial charge in [-0.05, 0) is 51.4 Å². The molecule has 0 rings (SSSR count). The number of unbranched alkanes of at least 4 members (excludes halogenated alkanes) is 32. The van der Waals surface area contributed by atoms with Crippen LogP contribution in [0.15, 0.2) is 48.6 Å². The highest BCUT2D eigenvalue weighted by Crippen LogP contribution is 2.43. The van der Waals surface area contributed by atoms with E-state index in [9.17, 15) is 19.0 Å². The van der Waals surface area contributed by atoms with Crippen molar-refractivity contribution >= 4 is 19.8 Å². The van der Waals surface area contributed by atoms with Gasteiger partial charge < -0.3 is 18.9 Å². The van der Waals surface area contributed by atoms with Crippen molar-refractivity contribution in [2.45, 2.75) is 277 Å². The average Bonchev–Trinajstić information content (AvgIpc) is 3.32. The molecule has 0 radical (unpaired) electrons. The molecule has 0 aliphatic rings. The van der Waals surface area contributed by atoms with Gasteiger partial charge in [0.15, 0.2) is 6.10 Å². The van der Waals surface area contributed by atoms with Crippen LogP contribution >= 0.6 is 7.82 Å². The van der Waals surface area contributed by atoms with Crippen LogP contribution in [0.25, 0.3) is 0 Å². The Kier molecular flexibility index (Phi) is 50.4. The van der Waals surface area contributed by atoms with Gasteiger partial charge in [0.2, 0.25) is 0 Å². The maximum Gasteiger partial charge on any atom is 0.472 e. The minimum atomic E-state index is -4.38. The van der Waals surface area contributed by atoms with Crippen LogP contribution in [0.1, 0.15) is 271 Å². The summed E-state index contributed by atoms with van der Waals surface area (Å²) in [6.07, 6.45) is 64.6. The number of phosphoric ester groups is 1. The van der Waals surface area contributed by atoms with Gasteiger partial charge in [0.1, 0.15) is 19.8 Å². The van der Waals surface area contributed by atoms with Gasteiger partial charge in [0.25, 0.3) is 0 Å². The molecule has 70 heavy (non-hydrogen) atoms. The minimum Gasteiger partial charge on any atom is -0.462 e. The Balaban J connectivity index is 4.14. The molecule has 0 aliphatic carbocycles. The number of phosphoric acid groups is 1. The van der Waals surface area contributed by atoms with E-state index in [2.05, 4.69) is 62.5 Å². The first-order chi connectivity index (χ1) is 34.0.